The molecule has 3 rings (SSSR count). The first-order valence-corrected chi connectivity index (χ1v) is 9.41. The molecule has 3 N–H and O–H groups in total. The third kappa shape index (κ3) is 4.39. The Morgan fingerprint density at radius 2 is 1.71 bits per heavy atom. The summed E-state index contributed by atoms with van der Waals surface area (Å²) in [6, 6.07) is 11.9. The van der Waals surface area contributed by atoms with Crippen LogP contribution in [0.1, 0.15) is 30.7 Å². The molecule has 2 amide bonds. The molecule has 146 valence electrons. The van der Waals surface area contributed by atoms with Crippen LogP contribution < -0.4 is 10.6 Å². The lowest BCUT2D eigenvalue weighted by molar-refractivity contribution is -0.139. The lowest BCUT2D eigenvalue weighted by Gasteiger charge is -2.25. The molecule has 2 heterocycles. The van der Waals surface area contributed by atoms with Crippen molar-refractivity contribution in [1.82, 2.24) is 20.6 Å². The van der Waals surface area contributed by atoms with E-state index in [1.54, 1.807) is 12.4 Å². The number of aromatic amines is 1. The highest BCUT2D eigenvalue weighted by Gasteiger charge is 2.23. The maximum Gasteiger partial charge on any atom is 0.309 e. The zero-order valence-corrected chi connectivity index (χ0v) is 16.5. The predicted molar refractivity (Wildman–Crippen MR) is 110 cm³/mol. The topological polar surface area (TPSA) is 86.9 Å². The first kappa shape index (κ1) is 19.6. The smallest absolute Gasteiger partial charge is 0.309 e. The van der Waals surface area contributed by atoms with E-state index in [1.807, 2.05) is 51.1 Å². The second-order valence-electron chi connectivity index (χ2n) is 7.58. The van der Waals surface area contributed by atoms with Gasteiger partial charge in [-0.3, -0.25) is 14.6 Å². The Labute approximate surface area is 164 Å². The molecule has 0 atom stereocenters. The van der Waals surface area contributed by atoms with Crippen LogP contribution in [-0.2, 0) is 21.4 Å². The molecule has 6 nitrogen and oxygen atoms in total. The average Bonchev–Trinajstić information content (AvgIpc) is 3.02. The van der Waals surface area contributed by atoms with Crippen molar-refractivity contribution in [3.05, 3.63) is 65.6 Å². The van der Waals surface area contributed by atoms with Crippen molar-refractivity contribution in [3.8, 4) is 0 Å². The van der Waals surface area contributed by atoms with Crippen LogP contribution in [0.3, 0.4) is 0 Å². The van der Waals surface area contributed by atoms with Crippen LogP contribution in [0, 0.1) is 6.92 Å². The number of aromatic nitrogens is 2. The Hall–Kier alpha value is -3.15. The van der Waals surface area contributed by atoms with Gasteiger partial charge in [0.1, 0.15) is 0 Å². The Balaban J connectivity index is 1.51. The Morgan fingerprint density at radius 1 is 1.04 bits per heavy atom. The van der Waals surface area contributed by atoms with Gasteiger partial charge in [-0.05, 0) is 42.7 Å². The summed E-state index contributed by atoms with van der Waals surface area (Å²) < 4.78 is 0. The molecular weight excluding hydrogens is 352 g/mol. The molecule has 2 aromatic heterocycles. The first-order chi connectivity index (χ1) is 13.4. The number of pyridine rings is 1. The van der Waals surface area contributed by atoms with E-state index in [-0.39, 0.29) is 5.41 Å². The lowest BCUT2D eigenvalue weighted by Crippen LogP contribution is -2.44. The first-order valence-electron chi connectivity index (χ1n) is 9.41. The third-order valence-corrected chi connectivity index (χ3v) is 5.05. The lowest BCUT2D eigenvalue weighted by atomic mass is 9.85. The molecule has 0 aliphatic carbocycles. The fraction of sp³-hybridized carbons (Fsp3) is 0.318. The van der Waals surface area contributed by atoms with Gasteiger partial charge in [-0.15, -0.1) is 0 Å². The summed E-state index contributed by atoms with van der Waals surface area (Å²) >= 11 is 0. The van der Waals surface area contributed by atoms with Gasteiger partial charge in [0.15, 0.2) is 0 Å². The monoisotopic (exact) mass is 378 g/mol. The largest absolute Gasteiger partial charge is 0.358 e. The summed E-state index contributed by atoms with van der Waals surface area (Å²) in [5.74, 6) is -1.22. The minimum atomic E-state index is -0.613. The van der Waals surface area contributed by atoms with Crippen molar-refractivity contribution in [2.75, 3.05) is 13.1 Å². The number of carbonyl (C=O) groups is 2. The van der Waals surface area contributed by atoms with E-state index in [9.17, 15) is 9.59 Å². The van der Waals surface area contributed by atoms with Crippen LogP contribution in [0.4, 0.5) is 0 Å². The van der Waals surface area contributed by atoms with E-state index in [0.717, 1.165) is 27.7 Å². The fourth-order valence-corrected chi connectivity index (χ4v) is 3.32. The maximum atomic E-state index is 12.2. The van der Waals surface area contributed by atoms with Crippen LogP contribution in [0.5, 0.6) is 0 Å². The number of fused-ring (bicyclic) bond motifs is 1. The van der Waals surface area contributed by atoms with E-state index in [0.29, 0.717) is 19.5 Å². The predicted octanol–water partition coefficient (Wildman–Crippen LogP) is 2.62. The second kappa shape index (κ2) is 8.25. The standard InChI is InChI=1S/C22H26N4O2/c1-15-17(18-6-4-5-7-19(18)26-15)10-13-24-20(27)21(28)25-14-22(2,3)16-8-11-23-12-9-16/h4-9,11-12,26H,10,13-14H2,1-3H3,(H,24,27)(H,25,28). The van der Waals surface area contributed by atoms with Crippen LogP contribution in [-0.4, -0.2) is 34.9 Å². The molecule has 0 fully saturated rings. The van der Waals surface area contributed by atoms with Crippen molar-refractivity contribution in [3.63, 3.8) is 0 Å². The highest BCUT2D eigenvalue weighted by molar-refractivity contribution is 6.35. The summed E-state index contributed by atoms with van der Waals surface area (Å²) in [5.41, 5.74) is 4.09. The zero-order valence-electron chi connectivity index (χ0n) is 16.5. The molecule has 1 aromatic carbocycles. The Bertz CT molecular complexity index is 977. The van der Waals surface area contributed by atoms with Gasteiger partial charge in [-0.1, -0.05) is 32.0 Å². The number of H-pyrrole nitrogens is 1. The number of nitrogens with one attached hydrogen (secondary N) is 3. The van der Waals surface area contributed by atoms with E-state index < -0.39 is 11.8 Å². The average molecular weight is 378 g/mol. The number of rotatable bonds is 6. The van der Waals surface area contributed by atoms with Gasteiger partial charge >= 0.3 is 11.8 Å². The normalized spacial score (nSPS) is 11.4. The van der Waals surface area contributed by atoms with Crippen molar-refractivity contribution in [2.45, 2.75) is 32.6 Å². The fourth-order valence-electron chi connectivity index (χ4n) is 3.32. The summed E-state index contributed by atoms with van der Waals surface area (Å²) in [6.45, 7) is 6.82. The number of nitrogens with zero attached hydrogens (tertiary/aromatic N) is 1. The van der Waals surface area contributed by atoms with Gasteiger partial charge in [0.05, 0.1) is 0 Å². The molecule has 0 aliphatic heterocycles. The molecule has 3 aromatic rings. The number of benzene rings is 1. The molecule has 0 unspecified atom stereocenters. The van der Waals surface area contributed by atoms with Crippen LogP contribution in [0.25, 0.3) is 10.9 Å². The minimum absolute atomic E-state index is 0.292. The molecule has 0 bridgehead atoms. The Kier molecular flexibility index (Phi) is 5.78. The van der Waals surface area contributed by atoms with Gasteiger partial charge in [0, 0.05) is 47.5 Å². The van der Waals surface area contributed by atoms with Crippen LogP contribution in [0.15, 0.2) is 48.8 Å². The maximum absolute atomic E-state index is 12.2. The molecule has 0 saturated heterocycles. The van der Waals surface area contributed by atoms with E-state index in [1.165, 1.54) is 0 Å². The van der Waals surface area contributed by atoms with Gasteiger partial charge in [0.25, 0.3) is 0 Å². The van der Waals surface area contributed by atoms with Crippen LogP contribution in [0.2, 0.25) is 0 Å². The van der Waals surface area contributed by atoms with E-state index >= 15 is 0 Å². The number of para-hydroxylation sites is 1. The summed E-state index contributed by atoms with van der Waals surface area (Å²) in [6.07, 6.45) is 4.11. The molecule has 0 radical (unpaired) electrons. The molecule has 0 saturated carbocycles. The minimum Gasteiger partial charge on any atom is -0.358 e. The van der Waals surface area contributed by atoms with Gasteiger partial charge in [-0.25, -0.2) is 0 Å². The Morgan fingerprint density at radius 3 is 2.46 bits per heavy atom. The SMILES string of the molecule is Cc1[nH]c2ccccc2c1CCNC(=O)C(=O)NCC(C)(C)c1ccncc1. The summed E-state index contributed by atoms with van der Waals surface area (Å²) in [5, 5.41) is 6.59. The van der Waals surface area contributed by atoms with Crippen molar-refractivity contribution < 1.29 is 9.59 Å². The van der Waals surface area contributed by atoms with Gasteiger partial charge in [-0.2, -0.15) is 0 Å². The third-order valence-electron chi connectivity index (χ3n) is 5.05. The highest BCUT2D eigenvalue weighted by Crippen LogP contribution is 2.22. The number of aryl methyl sites for hydroxylation is 1. The molecule has 6 heteroatoms. The van der Waals surface area contributed by atoms with Gasteiger partial charge < -0.3 is 15.6 Å². The zero-order chi connectivity index (χ0) is 20.1. The number of amides is 2. The van der Waals surface area contributed by atoms with E-state index in [4.69, 9.17) is 0 Å². The van der Waals surface area contributed by atoms with E-state index in [2.05, 4.69) is 26.7 Å². The number of carbonyl (C=O) groups excluding carboxylic acids is 2. The molecule has 28 heavy (non-hydrogen) atoms. The second-order valence-corrected chi connectivity index (χ2v) is 7.58. The highest BCUT2D eigenvalue weighted by atomic mass is 16.2. The molecular formula is C22H26N4O2. The van der Waals surface area contributed by atoms with Crippen LogP contribution >= 0.6 is 0 Å². The van der Waals surface area contributed by atoms with Crippen molar-refractivity contribution in [1.29, 1.82) is 0 Å². The summed E-state index contributed by atoms with van der Waals surface area (Å²) in [7, 11) is 0. The quantitative estimate of drug-likeness (QED) is 0.576. The van der Waals surface area contributed by atoms with Crippen molar-refractivity contribution in [2.24, 2.45) is 0 Å². The molecule has 0 spiro atoms. The number of hydrogen-bond donors (Lipinski definition) is 3. The molecule has 0 aliphatic rings. The van der Waals surface area contributed by atoms with Crippen molar-refractivity contribution >= 4 is 22.7 Å². The summed E-state index contributed by atoms with van der Waals surface area (Å²) in [4.78, 5) is 31.6. The van der Waals surface area contributed by atoms with Gasteiger partial charge in [0.2, 0.25) is 0 Å². The number of hydrogen-bond acceptors (Lipinski definition) is 3.